The van der Waals surface area contributed by atoms with Crippen LogP contribution in [0.3, 0.4) is 0 Å². The molecule has 1 aliphatic carbocycles. The van der Waals surface area contributed by atoms with Crippen LogP contribution in [0.1, 0.15) is 74.9 Å². The van der Waals surface area contributed by atoms with Crippen molar-refractivity contribution < 1.29 is 4.74 Å². The van der Waals surface area contributed by atoms with E-state index in [4.69, 9.17) is 9.72 Å². The van der Waals surface area contributed by atoms with Gasteiger partial charge in [0.15, 0.2) is 0 Å². The molecule has 0 aromatic carbocycles. The number of unbranched alkanes of at least 4 members (excludes halogenated alkanes) is 1. The predicted octanol–water partition coefficient (Wildman–Crippen LogP) is 4.95. The summed E-state index contributed by atoms with van der Waals surface area (Å²) in [6, 6.07) is 6.41. The van der Waals surface area contributed by atoms with Gasteiger partial charge in [0.05, 0.1) is 5.60 Å². The summed E-state index contributed by atoms with van der Waals surface area (Å²) < 4.78 is 6.35. The third kappa shape index (κ3) is 4.21. The number of pyridine rings is 1. The van der Waals surface area contributed by atoms with Crippen LogP contribution in [0.5, 0.6) is 0 Å². The second-order valence-electron chi connectivity index (χ2n) is 8.51. The number of hydrogen-bond donors (Lipinski definition) is 0. The number of rotatable bonds is 6. The highest BCUT2D eigenvalue weighted by Crippen LogP contribution is 2.50. The van der Waals surface area contributed by atoms with Gasteiger partial charge in [0.2, 0.25) is 0 Å². The van der Waals surface area contributed by atoms with Gasteiger partial charge in [-0.05, 0) is 69.6 Å². The Morgan fingerprint density at radius 3 is 2.56 bits per heavy atom. The minimum absolute atomic E-state index is 0.112. The van der Waals surface area contributed by atoms with Gasteiger partial charge in [0.25, 0.3) is 0 Å². The molecule has 0 amide bonds. The molecule has 2 aromatic heterocycles. The van der Waals surface area contributed by atoms with Crippen molar-refractivity contribution in [1.29, 1.82) is 0 Å². The molecule has 4 rings (SSSR count). The highest BCUT2D eigenvalue weighted by Gasteiger charge is 2.48. The van der Waals surface area contributed by atoms with Crippen molar-refractivity contribution in [3.8, 4) is 0 Å². The van der Waals surface area contributed by atoms with E-state index in [0.29, 0.717) is 0 Å². The summed E-state index contributed by atoms with van der Waals surface area (Å²) in [5.74, 6) is 0.844. The summed E-state index contributed by atoms with van der Waals surface area (Å²) in [5, 5.41) is 0. The summed E-state index contributed by atoms with van der Waals surface area (Å²) in [6.45, 7) is 2.81. The van der Waals surface area contributed by atoms with Crippen LogP contribution in [-0.2, 0) is 16.6 Å². The quantitative estimate of drug-likeness (QED) is 0.679. The Labute approximate surface area is 162 Å². The first-order chi connectivity index (χ1) is 13.2. The average molecular weight is 366 g/mol. The molecule has 2 aliphatic rings. The molecule has 0 unspecified atom stereocenters. The maximum Gasteiger partial charge on any atom is 0.125 e. The van der Waals surface area contributed by atoms with Crippen LogP contribution in [0.2, 0.25) is 0 Å². The van der Waals surface area contributed by atoms with E-state index < -0.39 is 0 Å². The molecule has 2 fully saturated rings. The molecule has 1 saturated carbocycles. The van der Waals surface area contributed by atoms with Gasteiger partial charge < -0.3 is 4.74 Å². The monoisotopic (exact) mass is 365 g/mol. The fraction of sp³-hybridized carbons (Fsp3) is 0.609. The molecular weight excluding hydrogens is 334 g/mol. The molecule has 0 radical (unpaired) electrons. The fourth-order valence-corrected chi connectivity index (χ4v) is 5.14. The number of aryl methyl sites for hydroxylation is 2. The number of nitrogens with zero attached hydrogens (tertiary/aromatic N) is 3. The van der Waals surface area contributed by atoms with Gasteiger partial charge in [0.1, 0.15) is 5.82 Å². The zero-order chi connectivity index (χ0) is 18.6. The highest BCUT2D eigenvalue weighted by atomic mass is 16.5. The molecule has 1 aliphatic heterocycles. The molecule has 1 spiro atoms. The maximum absolute atomic E-state index is 6.35. The largest absolute Gasteiger partial charge is 0.375 e. The van der Waals surface area contributed by atoms with Crippen molar-refractivity contribution in [1.82, 2.24) is 15.0 Å². The minimum atomic E-state index is 0.112. The lowest BCUT2D eigenvalue weighted by Crippen LogP contribution is -2.46. The first kappa shape index (κ1) is 18.5. The lowest BCUT2D eigenvalue weighted by molar-refractivity contribution is -0.104. The van der Waals surface area contributed by atoms with Crippen molar-refractivity contribution in [3.05, 3.63) is 53.9 Å². The average Bonchev–Trinajstić information content (AvgIpc) is 3.15. The number of aromatic nitrogens is 3. The van der Waals surface area contributed by atoms with Crippen molar-refractivity contribution in [2.24, 2.45) is 0 Å². The topological polar surface area (TPSA) is 47.9 Å². The van der Waals surface area contributed by atoms with E-state index in [1.54, 1.807) is 0 Å². The van der Waals surface area contributed by atoms with Crippen LogP contribution in [0.4, 0.5) is 0 Å². The smallest absolute Gasteiger partial charge is 0.125 e. The molecule has 2 aromatic rings. The summed E-state index contributed by atoms with van der Waals surface area (Å²) in [6.07, 6.45) is 17.8. The van der Waals surface area contributed by atoms with Crippen LogP contribution in [-0.4, -0.2) is 27.2 Å². The molecule has 144 valence electrons. The van der Waals surface area contributed by atoms with E-state index in [1.165, 1.54) is 56.2 Å². The molecular formula is C23H31N3O. The molecule has 1 saturated heterocycles. The summed E-state index contributed by atoms with van der Waals surface area (Å²) in [7, 11) is 0. The van der Waals surface area contributed by atoms with Gasteiger partial charge in [-0.25, -0.2) is 9.97 Å². The Bertz CT molecular complexity index is 725. The van der Waals surface area contributed by atoms with Gasteiger partial charge >= 0.3 is 0 Å². The van der Waals surface area contributed by atoms with Crippen LogP contribution >= 0.6 is 0 Å². The number of hydrogen-bond acceptors (Lipinski definition) is 4. The standard InChI is InChI=1S/C23H31N3O/c1-19-25-16-20(17-26-19)8-2-4-10-22(21-9-3-7-14-24-21)13-15-27-23(18-22)11-5-6-12-23/h3,7,9,14,16-17H,2,4-6,8,10-13,15,18H2,1H3/t22-/m1/s1. The highest BCUT2D eigenvalue weighted by molar-refractivity contribution is 5.20. The summed E-state index contributed by atoms with van der Waals surface area (Å²) in [4.78, 5) is 13.4. The number of ether oxygens (including phenoxy) is 1. The van der Waals surface area contributed by atoms with E-state index in [2.05, 4.69) is 22.1 Å². The van der Waals surface area contributed by atoms with E-state index >= 15 is 0 Å². The van der Waals surface area contributed by atoms with Crippen molar-refractivity contribution in [2.45, 2.75) is 82.1 Å². The molecule has 3 heterocycles. The zero-order valence-electron chi connectivity index (χ0n) is 16.5. The predicted molar refractivity (Wildman–Crippen MR) is 107 cm³/mol. The molecule has 4 nitrogen and oxygen atoms in total. The first-order valence-corrected chi connectivity index (χ1v) is 10.5. The molecule has 0 bridgehead atoms. The van der Waals surface area contributed by atoms with Crippen LogP contribution in [0.15, 0.2) is 36.8 Å². The minimum Gasteiger partial charge on any atom is -0.375 e. The zero-order valence-corrected chi connectivity index (χ0v) is 16.5. The second-order valence-corrected chi connectivity index (χ2v) is 8.51. The van der Waals surface area contributed by atoms with E-state index in [1.807, 2.05) is 31.6 Å². The first-order valence-electron chi connectivity index (χ1n) is 10.5. The lowest BCUT2D eigenvalue weighted by Gasteiger charge is -2.46. The van der Waals surface area contributed by atoms with Crippen LogP contribution in [0.25, 0.3) is 0 Å². The van der Waals surface area contributed by atoms with Crippen LogP contribution < -0.4 is 0 Å². The Morgan fingerprint density at radius 1 is 1.00 bits per heavy atom. The Morgan fingerprint density at radius 2 is 1.81 bits per heavy atom. The Balaban J connectivity index is 1.45. The van der Waals surface area contributed by atoms with Gasteiger partial charge in [-0.15, -0.1) is 0 Å². The van der Waals surface area contributed by atoms with Crippen LogP contribution in [0, 0.1) is 6.92 Å². The normalized spacial score (nSPS) is 24.3. The van der Waals surface area contributed by atoms with E-state index in [-0.39, 0.29) is 11.0 Å². The fourth-order valence-electron chi connectivity index (χ4n) is 5.14. The molecule has 0 N–H and O–H groups in total. The molecule has 27 heavy (non-hydrogen) atoms. The SMILES string of the molecule is Cc1ncc(CCCC[C@@]2(c3ccccn3)CCOC3(CCCC3)C2)cn1. The third-order valence-electron chi connectivity index (χ3n) is 6.58. The van der Waals surface area contributed by atoms with Gasteiger partial charge in [-0.1, -0.05) is 25.3 Å². The Kier molecular flexibility index (Phi) is 5.53. The van der Waals surface area contributed by atoms with E-state index in [9.17, 15) is 0 Å². The van der Waals surface area contributed by atoms with E-state index in [0.717, 1.165) is 31.7 Å². The lowest BCUT2D eigenvalue weighted by atomic mass is 9.67. The molecule has 1 atom stereocenters. The van der Waals surface area contributed by atoms with Crippen molar-refractivity contribution in [3.63, 3.8) is 0 Å². The third-order valence-corrected chi connectivity index (χ3v) is 6.58. The molecule has 4 heteroatoms. The van der Waals surface area contributed by atoms with Crippen molar-refractivity contribution >= 4 is 0 Å². The summed E-state index contributed by atoms with van der Waals surface area (Å²) in [5.41, 5.74) is 2.80. The second kappa shape index (κ2) is 8.05. The van der Waals surface area contributed by atoms with Crippen molar-refractivity contribution in [2.75, 3.05) is 6.61 Å². The van der Waals surface area contributed by atoms with Gasteiger partial charge in [0, 0.05) is 36.3 Å². The summed E-state index contributed by atoms with van der Waals surface area (Å²) >= 11 is 0. The Hall–Kier alpha value is -1.81. The maximum atomic E-state index is 6.35. The van der Waals surface area contributed by atoms with Gasteiger partial charge in [-0.2, -0.15) is 0 Å². The van der Waals surface area contributed by atoms with Gasteiger partial charge in [-0.3, -0.25) is 4.98 Å².